The largest absolute Gasteiger partial charge is 0.480 e. The zero-order valence-corrected chi connectivity index (χ0v) is 20.4. The highest BCUT2D eigenvalue weighted by Gasteiger charge is 2.35. The number of hydrazine groups is 1. The molecule has 1 aliphatic rings. The zero-order valence-electron chi connectivity index (χ0n) is 20.4. The summed E-state index contributed by atoms with van der Waals surface area (Å²) < 4.78 is 6.04. The van der Waals surface area contributed by atoms with Crippen LogP contribution in [0.25, 0.3) is 10.8 Å². The van der Waals surface area contributed by atoms with Crippen LogP contribution in [0.4, 0.5) is 11.4 Å². The molecule has 4 aromatic carbocycles. The molecule has 0 aliphatic carbocycles. The molecule has 0 spiro atoms. The van der Waals surface area contributed by atoms with E-state index in [2.05, 4.69) is 10.7 Å². The Morgan fingerprint density at radius 1 is 0.944 bits per heavy atom. The second-order valence-electron chi connectivity index (χ2n) is 8.97. The Hall–Kier alpha value is -4.52. The molecule has 7 nitrogen and oxygen atoms in total. The van der Waals surface area contributed by atoms with Crippen LogP contribution in [0.2, 0.25) is 0 Å². The van der Waals surface area contributed by atoms with Crippen molar-refractivity contribution in [3.8, 4) is 5.75 Å². The van der Waals surface area contributed by atoms with Crippen LogP contribution in [0.15, 0.2) is 91.0 Å². The number of benzene rings is 4. The summed E-state index contributed by atoms with van der Waals surface area (Å²) in [6.07, 6.45) is -1.42. The Morgan fingerprint density at radius 3 is 2.42 bits per heavy atom. The van der Waals surface area contributed by atoms with Crippen LogP contribution in [-0.4, -0.2) is 37.0 Å². The van der Waals surface area contributed by atoms with Crippen LogP contribution in [-0.2, 0) is 4.79 Å². The molecular weight excluding hydrogens is 452 g/mol. The van der Waals surface area contributed by atoms with Gasteiger partial charge in [-0.1, -0.05) is 60.7 Å². The highest BCUT2D eigenvalue weighted by Crippen LogP contribution is 2.33. The van der Waals surface area contributed by atoms with Crippen molar-refractivity contribution in [1.29, 1.82) is 0 Å². The summed E-state index contributed by atoms with van der Waals surface area (Å²) in [6.45, 7) is 1.67. The number of nitrogens with zero attached hydrogens (tertiary/aromatic N) is 2. The van der Waals surface area contributed by atoms with Crippen LogP contribution in [0.5, 0.6) is 5.75 Å². The molecule has 0 aromatic heterocycles. The van der Waals surface area contributed by atoms with Gasteiger partial charge in [-0.2, -0.15) is 0 Å². The van der Waals surface area contributed by atoms with Crippen molar-refractivity contribution in [2.45, 2.75) is 19.2 Å². The molecule has 2 unspecified atom stereocenters. The van der Waals surface area contributed by atoms with Crippen molar-refractivity contribution in [2.75, 3.05) is 24.3 Å². The van der Waals surface area contributed by atoms with E-state index in [4.69, 9.17) is 4.74 Å². The average molecular weight is 481 g/mol. The average Bonchev–Trinajstić information content (AvgIpc) is 2.90. The van der Waals surface area contributed by atoms with Crippen molar-refractivity contribution in [3.63, 3.8) is 0 Å². The molecule has 2 atom stereocenters. The van der Waals surface area contributed by atoms with Gasteiger partial charge in [0.25, 0.3) is 11.8 Å². The summed E-state index contributed by atoms with van der Waals surface area (Å²) in [5.74, 6) is -0.107. The van der Waals surface area contributed by atoms with Crippen molar-refractivity contribution in [2.24, 2.45) is 0 Å². The molecular formula is C29H28N4O3. The number of ether oxygens (including phenoxy) is 1. The lowest BCUT2D eigenvalue weighted by Gasteiger charge is -2.38. The number of nitrogens with one attached hydrogen (secondary N) is 2. The molecule has 5 rings (SSSR count). The van der Waals surface area contributed by atoms with E-state index in [-0.39, 0.29) is 5.91 Å². The van der Waals surface area contributed by atoms with Gasteiger partial charge in [-0.15, -0.1) is 0 Å². The van der Waals surface area contributed by atoms with Crippen LogP contribution >= 0.6 is 0 Å². The van der Waals surface area contributed by atoms with Crippen LogP contribution < -0.4 is 20.4 Å². The van der Waals surface area contributed by atoms with Crippen molar-refractivity contribution in [1.82, 2.24) is 10.4 Å². The molecule has 2 amide bonds. The number of para-hydroxylation sites is 1. The van der Waals surface area contributed by atoms with Gasteiger partial charge < -0.3 is 15.0 Å². The fraction of sp³-hybridized carbons (Fsp3) is 0.172. The summed E-state index contributed by atoms with van der Waals surface area (Å²) >= 11 is 0. The maximum atomic E-state index is 13.5. The highest BCUT2D eigenvalue weighted by atomic mass is 16.5. The van der Waals surface area contributed by atoms with Gasteiger partial charge in [0.1, 0.15) is 11.9 Å². The molecule has 7 heteroatoms. The second-order valence-corrected chi connectivity index (χ2v) is 8.97. The summed E-state index contributed by atoms with van der Waals surface area (Å²) in [7, 11) is 3.94. The van der Waals surface area contributed by atoms with E-state index >= 15 is 0 Å². The Balaban J connectivity index is 1.41. The molecule has 36 heavy (non-hydrogen) atoms. The number of amides is 2. The monoisotopic (exact) mass is 480 g/mol. The SMILES string of the molecule is CC(Oc1cccc2ccccc12)C(=O)NN1C(=O)c2ccccc2NC1c1ccc(N(C)C)cc1. The summed E-state index contributed by atoms with van der Waals surface area (Å²) in [5, 5.41) is 6.69. The second kappa shape index (κ2) is 9.62. The Bertz CT molecular complexity index is 1410. The van der Waals surface area contributed by atoms with E-state index in [1.807, 2.05) is 97.9 Å². The van der Waals surface area contributed by atoms with Crippen LogP contribution in [0.1, 0.15) is 29.0 Å². The minimum atomic E-state index is -0.836. The molecule has 0 bridgehead atoms. The van der Waals surface area contributed by atoms with Gasteiger partial charge in [0.15, 0.2) is 6.10 Å². The molecule has 1 aliphatic heterocycles. The van der Waals surface area contributed by atoms with Gasteiger partial charge in [0.05, 0.1) is 5.56 Å². The first-order valence-electron chi connectivity index (χ1n) is 11.8. The van der Waals surface area contributed by atoms with Gasteiger partial charge in [0, 0.05) is 30.9 Å². The maximum Gasteiger partial charge on any atom is 0.279 e. The van der Waals surface area contributed by atoms with Gasteiger partial charge in [-0.3, -0.25) is 15.0 Å². The molecule has 0 saturated heterocycles. The third-order valence-electron chi connectivity index (χ3n) is 6.31. The van der Waals surface area contributed by atoms with E-state index in [9.17, 15) is 9.59 Å². The predicted molar refractivity (Wildman–Crippen MR) is 142 cm³/mol. The third kappa shape index (κ3) is 4.43. The number of rotatable bonds is 6. The zero-order chi connectivity index (χ0) is 25.2. The standard InChI is InChI=1S/C29H28N4O3/c1-19(36-26-14-8-10-20-9-4-5-11-23(20)26)28(34)31-33-27(21-15-17-22(18-16-21)32(2)3)30-25-13-7-6-12-24(25)29(33)35/h4-19,27,30H,1-3H3,(H,31,34). The summed E-state index contributed by atoms with van der Waals surface area (Å²) in [5.41, 5.74) is 5.89. The first-order chi connectivity index (χ1) is 17.4. The lowest BCUT2D eigenvalue weighted by molar-refractivity contribution is -0.132. The first kappa shape index (κ1) is 23.2. The normalized spacial score (nSPS) is 15.6. The van der Waals surface area contributed by atoms with E-state index in [1.165, 1.54) is 5.01 Å². The molecule has 4 aromatic rings. The number of carbonyl (C=O) groups excluding carboxylic acids is 2. The molecule has 0 saturated carbocycles. The highest BCUT2D eigenvalue weighted by molar-refractivity contribution is 6.02. The van der Waals surface area contributed by atoms with Crippen LogP contribution in [0, 0.1) is 0 Å². The van der Waals surface area contributed by atoms with E-state index < -0.39 is 18.2 Å². The van der Waals surface area contributed by atoms with Gasteiger partial charge in [-0.05, 0) is 48.2 Å². The number of hydrogen-bond acceptors (Lipinski definition) is 5. The fourth-order valence-corrected chi connectivity index (χ4v) is 4.31. The lowest BCUT2D eigenvalue weighted by Crippen LogP contribution is -2.55. The minimum Gasteiger partial charge on any atom is -0.480 e. The Kier molecular flexibility index (Phi) is 6.21. The van der Waals surface area contributed by atoms with Crippen molar-refractivity contribution < 1.29 is 14.3 Å². The molecule has 1 heterocycles. The van der Waals surface area contributed by atoms with Crippen molar-refractivity contribution in [3.05, 3.63) is 102 Å². The Labute approximate surface area is 210 Å². The number of anilines is 2. The minimum absolute atomic E-state index is 0.295. The molecule has 0 radical (unpaired) electrons. The number of carbonyl (C=O) groups is 2. The lowest BCUT2D eigenvalue weighted by atomic mass is 10.0. The summed E-state index contributed by atoms with van der Waals surface area (Å²) in [6, 6.07) is 28.7. The maximum absolute atomic E-state index is 13.5. The quantitative estimate of drug-likeness (QED) is 0.408. The third-order valence-corrected chi connectivity index (χ3v) is 6.31. The van der Waals surface area contributed by atoms with Gasteiger partial charge in [-0.25, -0.2) is 5.01 Å². The van der Waals surface area contributed by atoms with Crippen molar-refractivity contribution >= 4 is 34.0 Å². The topological polar surface area (TPSA) is 73.9 Å². The summed E-state index contributed by atoms with van der Waals surface area (Å²) in [4.78, 5) is 28.8. The van der Waals surface area contributed by atoms with E-state index in [0.29, 0.717) is 11.3 Å². The first-order valence-corrected chi connectivity index (χ1v) is 11.8. The van der Waals surface area contributed by atoms with Gasteiger partial charge in [0.2, 0.25) is 0 Å². The molecule has 2 N–H and O–H groups in total. The fourth-order valence-electron chi connectivity index (χ4n) is 4.31. The van der Waals surface area contributed by atoms with E-state index in [1.54, 1.807) is 19.1 Å². The van der Waals surface area contributed by atoms with E-state index in [0.717, 1.165) is 27.7 Å². The van der Waals surface area contributed by atoms with Gasteiger partial charge >= 0.3 is 0 Å². The Morgan fingerprint density at radius 2 is 1.64 bits per heavy atom. The number of hydrogen-bond donors (Lipinski definition) is 2. The molecule has 0 fully saturated rings. The predicted octanol–water partition coefficient (Wildman–Crippen LogP) is 4.97. The smallest absolute Gasteiger partial charge is 0.279 e. The molecule has 182 valence electrons. The number of fused-ring (bicyclic) bond motifs is 2. The van der Waals surface area contributed by atoms with Crippen LogP contribution in [0.3, 0.4) is 0 Å².